The van der Waals surface area contributed by atoms with Gasteiger partial charge in [-0.1, -0.05) is 26.8 Å². The van der Waals surface area contributed by atoms with Crippen molar-refractivity contribution in [1.29, 1.82) is 5.41 Å². The Balaban J connectivity index is 0.00000578. The summed E-state index contributed by atoms with van der Waals surface area (Å²) in [5.41, 5.74) is 8.74. The number of nitrogens with zero attached hydrogens (tertiary/aromatic N) is 1. The first kappa shape index (κ1) is 29.3. The molecule has 2 rings (SSSR count). The lowest BCUT2D eigenvalue weighted by Crippen LogP contribution is -2.33. The molecular formula is C26H39ClN4O3. The second-order valence-electron chi connectivity index (χ2n) is 9.27. The number of rotatable bonds is 12. The standard InChI is InChI=1S/C26H38N4O3.ClH/c1-7-18-13-20(15-22(14-18)33-17-26(3,4)16-30(5)6)23(25(31)32-8-2)29-21-11-9-19(10-12-21)24(27)28;/h9-15,23,29H,7-8,16-17H2,1-6H3,(H3,27,28);1H. The number of nitrogens with two attached hydrogens (primary N) is 1. The van der Waals surface area contributed by atoms with E-state index in [-0.39, 0.29) is 36.2 Å². The van der Waals surface area contributed by atoms with Crippen molar-refractivity contribution in [3.63, 3.8) is 0 Å². The fourth-order valence-electron chi connectivity index (χ4n) is 3.74. The first-order valence-electron chi connectivity index (χ1n) is 11.3. The Morgan fingerprint density at radius 3 is 2.32 bits per heavy atom. The summed E-state index contributed by atoms with van der Waals surface area (Å²) in [6.45, 7) is 9.96. The minimum absolute atomic E-state index is 0. The molecule has 34 heavy (non-hydrogen) atoms. The van der Waals surface area contributed by atoms with Crippen LogP contribution in [0.5, 0.6) is 5.75 Å². The maximum atomic E-state index is 12.9. The van der Waals surface area contributed by atoms with Crippen molar-refractivity contribution in [3.8, 4) is 5.75 Å². The van der Waals surface area contributed by atoms with Gasteiger partial charge in [0.1, 0.15) is 11.6 Å². The van der Waals surface area contributed by atoms with Gasteiger partial charge in [0, 0.05) is 23.2 Å². The Hall–Kier alpha value is -2.77. The number of benzene rings is 2. The highest BCUT2D eigenvalue weighted by molar-refractivity contribution is 5.95. The lowest BCUT2D eigenvalue weighted by molar-refractivity contribution is -0.144. The molecule has 0 heterocycles. The maximum Gasteiger partial charge on any atom is 0.333 e. The average Bonchev–Trinajstić information content (AvgIpc) is 2.75. The predicted octanol–water partition coefficient (Wildman–Crippen LogP) is 4.64. The van der Waals surface area contributed by atoms with Crippen molar-refractivity contribution >= 4 is 29.9 Å². The third-order valence-electron chi connectivity index (χ3n) is 5.13. The molecule has 1 atom stereocenters. The van der Waals surface area contributed by atoms with Crippen molar-refractivity contribution in [2.45, 2.75) is 40.2 Å². The Morgan fingerprint density at radius 1 is 1.15 bits per heavy atom. The topological polar surface area (TPSA) is 101 Å². The summed E-state index contributed by atoms with van der Waals surface area (Å²) < 4.78 is 11.6. The van der Waals surface area contributed by atoms with E-state index in [1.54, 1.807) is 31.2 Å². The number of nitrogens with one attached hydrogen (secondary N) is 2. The van der Waals surface area contributed by atoms with Gasteiger partial charge in [-0.3, -0.25) is 5.41 Å². The van der Waals surface area contributed by atoms with Crippen molar-refractivity contribution < 1.29 is 14.3 Å². The van der Waals surface area contributed by atoms with Crippen LogP contribution in [-0.4, -0.2) is 50.6 Å². The average molecular weight is 491 g/mol. The Labute approximate surface area is 209 Å². The molecule has 188 valence electrons. The van der Waals surface area contributed by atoms with Gasteiger partial charge in [-0.05, 0) is 75.0 Å². The summed E-state index contributed by atoms with van der Waals surface area (Å²) in [4.78, 5) is 15.0. The van der Waals surface area contributed by atoms with E-state index in [0.717, 1.165) is 35.5 Å². The molecule has 0 amide bonds. The van der Waals surface area contributed by atoms with Crippen LogP contribution in [-0.2, 0) is 16.0 Å². The second-order valence-corrected chi connectivity index (χ2v) is 9.27. The summed E-state index contributed by atoms with van der Waals surface area (Å²) in [6.07, 6.45) is 0.814. The number of esters is 1. The number of amidine groups is 1. The van der Waals surface area contributed by atoms with Crippen LogP contribution in [0.3, 0.4) is 0 Å². The van der Waals surface area contributed by atoms with Crippen LogP contribution in [0.2, 0.25) is 0 Å². The zero-order valence-electron chi connectivity index (χ0n) is 21.1. The molecule has 0 radical (unpaired) electrons. The Kier molecular flexibility index (Phi) is 11.4. The van der Waals surface area contributed by atoms with E-state index in [9.17, 15) is 4.79 Å². The lowest BCUT2D eigenvalue weighted by Gasteiger charge is -2.28. The molecule has 0 saturated heterocycles. The molecule has 2 aromatic rings. The molecule has 0 aliphatic heterocycles. The number of carbonyl (C=O) groups is 1. The monoisotopic (exact) mass is 490 g/mol. The number of hydrogen-bond acceptors (Lipinski definition) is 6. The van der Waals surface area contributed by atoms with Gasteiger partial charge >= 0.3 is 5.97 Å². The molecule has 0 aliphatic carbocycles. The third-order valence-corrected chi connectivity index (χ3v) is 5.13. The molecule has 0 saturated carbocycles. The van der Waals surface area contributed by atoms with Crippen LogP contribution >= 0.6 is 12.4 Å². The Morgan fingerprint density at radius 2 is 1.79 bits per heavy atom. The van der Waals surface area contributed by atoms with Crippen LogP contribution in [0.25, 0.3) is 0 Å². The van der Waals surface area contributed by atoms with Crippen LogP contribution < -0.4 is 15.8 Å². The minimum atomic E-state index is -0.697. The van der Waals surface area contributed by atoms with E-state index >= 15 is 0 Å². The van der Waals surface area contributed by atoms with Gasteiger partial charge in [0.2, 0.25) is 0 Å². The third kappa shape index (κ3) is 8.88. The molecule has 0 fully saturated rings. The smallest absolute Gasteiger partial charge is 0.333 e. The van der Waals surface area contributed by atoms with Crippen molar-refractivity contribution in [2.75, 3.05) is 39.2 Å². The van der Waals surface area contributed by atoms with E-state index in [2.05, 4.69) is 45.1 Å². The first-order valence-corrected chi connectivity index (χ1v) is 11.3. The number of hydrogen-bond donors (Lipinski definition) is 3. The summed E-state index contributed by atoms with van der Waals surface area (Å²) in [5.74, 6) is 0.373. The number of aryl methyl sites for hydroxylation is 1. The van der Waals surface area contributed by atoms with Gasteiger partial charge in [0.15, 0.2) is 6.04 Å². The molecule has 7 nitrogen and oxygen atoms in total. The van der Waals surface area contributed by atoms with E-state index < -0.39 is 6.04 Å². The second kappa shape index (κ2) is 13.2. The van der Waals surface area contributed by atoms with Crippen LogP contribution in [0.15, 0.2) is 42.5 Å². The summed E-state index contributed by atoms with van der Waals surface area (Å²) >= 11 is 0. The van der Waals surface area contributed by atoms with Crippen molar-refractivity contribution in [2.24, 2.45) is 11.1 Å². The molecule has 1 unspecified atom stereocenters. The SMILES string of the molecule is CCOC(=O)C(Nc1ccc(C(=N)N)cc1)c1cc(CC)cc(OCC(C)(C)CN(C)C)c1.Cl. The van der Waals surface area contributed by atoms with Crippen LogP contribution in [0.4, 0.5) is 5.69 Å². The Bertz CT molecular complexity index is 946. The fraction of sp³-hybridized carbons (Fsp3) is 0.462. The molecule has 4 N–H and O–H groups in total. The van der Waals surface area contributed by atoms with Crippen LogP contribution in [0.1, 0.15) is 50.4 Å². The lowest BCUT2D eigenvalue weighted by atomic mass is 9.94. The van der Waals surface area contributed by atoms with E-state index in [1.807, 2.05) is 18.2 Å². The van der Waals surface area contributed by atoms with Gasteiger partial charge in [-0.25, -0.2) is 4.79 Å². The van der Waals surface area contributed by atoms with Crippen LogP contribution in [0, 0.1) is 10.8 Å². The molecule has 0 aliphatic rings. The molecule has 0 spiro atoms. The fourth-order valence-corrected chi connectivity index (χ4v) is 3.74. The zero-order chi connectivity index (χ0) is 24.6. The highest BCUT2D eigenvalue weighted by atomic mass is 35.5. The first-order chi connectivity index (χ1) is 15.5. The summed E-state index contributed by atoms with van der Waals surface area (Å²) in [6, 6.07) is 12.3. The number of nitrogen functional groups attached to an aromatic ring is 1. The normalized spacial score (nSPS) is 12.0. The molecular weight excluding hydrogens is 452 g/mol. The van der Waals surface area contributed by atoms with Gasteiger partial charge in [-0.2, -0.15) is 0 Å². The number of halogens is 1. The largest absolute Gasteiger partial charge is 0.493 e. The highest BCUT2D eigenvalue weighted by Crippen LogP contribution is 2.28. The number of ether oxygens (including phenoxy) is 2. The van der Waals surface area contributed by atoms with Gasteiger partial charge in [0.05, 0.1) is 13.2 Å². The molecule has 0 bridgehead atoms. The molecule has 0 aromatic heterocycles. The number of carbonyl (C=O) groups excluding carboxylic acids is 1. The number of anilines is 1. The van der Waals surface area contributed by atoms with Gasteiger partial charge in [0.25, 0.3) is 0 Å². The van der Waals surface area contributed by atoms with E-state index in [4.69, 9.17) is 20.6 Å². The quantitative estimate of drug-likeness (QED) is 0.228. The highest BCUT2D eigenvalue weighted by Gasteiger charge is 2.24. The summed E-state index contributed by atoms with van der Waals surface area (Å²) in [5, 5.41) is 10.8. The minimum Gasteiger partial charge on any atom is -0.493 e. The van der Waals surface area contributed by atoms with Gasteiger partial charge in [-0.15, -0.1) is 12.4 Å². The predicted molar refractivity (Wildman–Crippen MR) is 141 cm³/mol. The summed E-state index contributed by atoms with van der Waals surface area (Å²) in [7, 11) is 4.10. The molecule has 8 heteroatoms. The zero-order valence-corrected chi connectivity index (χ0v) is 21.9. The van der Waals surface area contributed by atoms with E-state index in [0.29, 0.717) is 12.2 Å². The molecule has 2 aromatic carbocycles. The maximum absolute atomic E-state index is 12.9. The van der Waals surface area contributed by atoms with Gasteiger partial charge < -0.3 is 25.4 Å². The van der Waals surface area contributed by atoms with Crippen molar-refractivity contribution in [1.82, 2.24) is 4.90 Å². The van der Waals surface area contributed by atoms with E-state index in [1.165, 1.54) is 0 Å². The van der Waals surface area contributed by atoms with Crippen molar-refractivity contribution in [3.05, 3.63) is 59.2 Å².